The molecule has 0 aliphatic carbocycles. The number of amides is 2. The molecule has 0 radical (unpaired) electrons. The molecular formula is C15H14N2O3. The van der Waals surface area contributed by atoms with E-state index in [9.17, 15) is 9.59 Å². The van der Waals surface area contributed by atoms with Gasteiger partial charge in [-0.3, -0.25) is 10.1 Å². The summed E-state index contributed by atoms with van der Waals surface area (Å²) in [6.07, 6.45) is -0.383. The van der Waals surface area contributed by atoms with E-state index in [1.807, 2.05) is 24.3 Å². The maximum Gasteiger partial charge on any atom is 0.409 e. The molecule has 0 aromatic heterocycles. The minimum absolute atomic E-state index is 0.444. The second kappa shape index (κ2) is 5.88. The third-order valence-electron chi connectivity index (χ3n) is 2.85. The fraction of sp³-hybridized carbons (Fsp3) is 0.0667. The number of rotatable bonds is 4. The summed E-state index contributed by atoms with van der Waals surface area (Å²) in [7, 11) is 0. The van der Waals surface area contributed by atoms with Crippen LogP contribution >= 0.6 is 0 Å². The lowest BCUT2D eigenvalue weighted by molar-refractivity contribution is 0.1000. The zero-order valence-corrected chi connectivity index (χ0v) is 10.7. The van der Waals surface area contributed by atoms with E-state index < -0.39 is 12.0 Å². The quantitative estimate of drug-likeness (QED) is 0.796. The van der Waals surface area contributed by atoms with Crippen LogP contribution in [0, 0.1) is 0 Å². The molecule has 0 aliphatic rings. The summed E-state index contributed by atoms with van der Waals surface area (Å²) >= 11 is 0. The number of carboxylic acid groups (broad SMARTS) is 1. The molecule has 2 aromatic carbocycles. The van der Waals surface area contributed by atoms with Crippen molar-refractivity contribution in [3.8, 4) is 0 Å². The predicted molar refractivity (Wildman–Crippen MR) is 75.9 cm³/mol. The van der Waals surface area contributed by atoms with E-state index in [2.05, 4.69) is 5.32 Å². The number of hydrogen-bond donors (Lipinski definition) is 3. The van der Waals surface area contributed by atoms with E-state index in [4.69, 9.17) is 10.8 Å². The maximum atomic E-state index is 11.0. The Balaban J connectivity index is 2.06. The molecular weight excluding hydrogens is 256 g/mol. The molecule has 5 nitrogen and oxygen atoms in total. The highest BCUT2D eigenvalue weighted by atomic mass is 16.4. The number of anilines is 1. The molecule has 5 heteroatoms. The van der Waals surface area contributed by atoms with Crippen LogP contribution in [-0.4, -0.2) is 17.1 Å². The van der Waals surface area contributed by atoms with Crippen molar-refractivity contribution in [2.45, 2.75) is 6.42 Å². The van der Waals surface area contributed by atoms with E-state index in [1.54, 1.807) is 24.3 Å². The third-order valence-corrected chi connectivity index (χ3v) is 2.85. The Morgan fingerprint density at radius 3 is 1.90 bits per heavy atom. The Hall–Kier alpha value is -2.82. The fourth-order valence-electron chi connectivity index (χ4n) is 1.85. The Kier molecular flexibility index (Phi) is 4.00. The van der Waals surface area contributed by atoms with Gasteiger partial charge in [-0.05, 0) is 41.8 Å². The van der Waals surface area contributed by atoms with Gasteiger partial charge >= 0.3 is 6.09 Å². The molecule has 2 amide bonds. The van der Waals surface area contributed by atoms with Crippen LogP contribution in [0.5, 0.6) is 0 Å². The van der Waals surface area contributed by atoms with Gasteiger partial charge in [-0.15, -0.1) is 0 Å². The van der Waals surface area contributed by atoms with E-state index in [0.717, 1.165) is 11.1 Å². The molecule has 102 valence electrons. The molecule has 0 spiro atoms. The van der Waals surface area contributed by atoms with Crippen molar-refractivity contribution in [3.05, 3.63) is 65.2 Å². The van der Waals surface area contributed by atoms with Gasteiger partial charge in [0, 0.05) is 11.3 Å². The molecule has 4 N–H and O–H groups in total. The minimum Gasteiger partial charge on any atom is -0.465 e. The Labute approximate surface area is 116 Å². The smallest absolute Gasteiger partial charge is 0.409 e. The van der Waals surface area contributed by atoms with Crippen LogP contribution in [-0.2, 0) is 6.42 Å². The second-order valence-corrected chi connectivity index (χ2v) is 4.37. The molecule has 0 atom stereocenters. The average Bonchev–Trinajstić information content (AvgIpc) is 2.41. The van der Waals surface area contributed by atoms with Crippen LogP contribution in [0.25, 0.3) is 0 Å². The monoisotopic (exact) mass is 270 g/mol. The van der Waals surface area contributed by atoms with Crippen LogP contribution in [0.4, 0.5) is 10.5 Å². The van der Waals surface area contributed by atoms with Crippen LogP contribution < -0.4 is 11.1 Å². The van der Waals surface area contributed by atoms with Crippen LogP contribution in [0.3, 0.4) is 0 Å². The Morgan fingerprint density at radius 1 is 0.950 bits per heavy atom. The highest BCUT2D eigenvalue weighted by Gasteiger charge is 2.02. The van der Waals surface area contributed by atoms with Gasteiger partial charge in [-0.1, -0.05) is 24.3 Å². The van der Waals surface area contributed by atoms with Crippen molar-refractivity contribution in [2.75, 3.05) is 5.32 Å². The third kappa shape index (κ3) is 3.58. The number of carbonyl (C=O) groups is 2. The number of carbonyl (C=O) groups excluding carboxylic acids is 1. The summed E-state index contributed by atoms with van der Waals surface area (Å²) in [4.78, 5) is 21.4. The van der Waals surface area contributed by atoms with Crippen molar-refractivity contribution in [2.24, 2.45) is 5.73 Å². The van der Waals surface area contributed by atoms with Crippen molar-refractivity contribution < 1.29 is 14.7 Å². The summed E-state index contributed by atoms with van der Waals surface area (Å²) in [5.41, 5.74) is 8.29. The topological polar surface area (TPSA) is 92.4 Å². The van der Waals surface area contributed by atoms with Gasteiger partial charge < -0.3 is 10.8 Å². The van der Waals surface area contributed by atoms with Gasteiger partial charge in [-0.2, -0.15) is 0 Å². The van der Waals surface area contributed by atoms with Gasteiger partial charge in [-0.25, -0.2) is 4.79 Å². The summed E-state index contributed by atoms with van der Waals surface area (Å²) in [6.45, 7) is 0. The summed E-state index contributed by atoms with van der Waals surface area (Å²) in [6, 6.07) is 14.2. The highest BCUT2D eigenvalue weighted by molar-refractivity contribution is 5.92. The number of nitrogens with two attached hydrogens (primary N) is 1. The fourth-order valence-corrected chi connectivity index (χ4v) is 1.85. The van der Waals surface area contributed by atoms with Gasteiger partial charge in [0.2, 0.25) is 5.91 Å². The molecule has 0 saturated carbocycles. The van der Waals surface area contributed by atoms with E-state index in [0.29, 0.717) is 17.7 Å². The molecule has 2 aromatic rings. The van der Waals surface area contributed by atoms with Gasteiger partial charge in [0.05, 0.1) is 0 Å². The molecule has 0 heterocycles. The first kappa shape index (κ1) is 13.6. The zero-order valence-electron chi connectivity index (χ0n) is 10.7. The number of benzene rings is 2. The first-order chi connectivity index (χ1) is 9.54. The minimum atomic E-state index is -1.08. The van der Waals surface area contributed by atoms with E-state index in [-0.39, 0.29) is 0 Å². The van der Waals surface area contributed by atoms with Crippen LogP contribution in [0.2, 0.25) is 0 Å². The molecule has 2 rings (SSSR count). The summed E-state index contributed by atoms with van der Waals surface area (Å²) < 4.78 is 0. The Morgan fingerprint density at radius 2 is 1.45 bits per heavy atom. The van der Waals surface area contributed by atoms with Crippen molar-refractivity contribution in [1.82, 2.24) is 0 Å². The molecule has 0 fully saturated rings. The number of nitrogens with one attached hydrogen (secondary N) is 1. The average molecular weight is 270 g/mol. The summed E-state index contributed by atoms with van der Waals surface area (Å²) in [5.74, 6) is -0.444. The molecule has 20 heavy (non-hydrogen) atoms. The first-order valence-corrected chi connectivity index (χ1v) is 6.02. The van der Waals surface area contributed by atoms with E-state index >= 15 is 0 Å². The molecule has 0 saturated heterocycles. The molecule has 0 aliphatic heterocycles. The number of hydrogen-bond acceptors (Lipinski definition) is 2. The van der Waals surface area contributed by atoms with Crippen molar-refractivity contribution in [3.63, 3.8) is 0 Å². The number of primary amides is 1. The normalized spacial score (nSPS) is 10.0. The lowest BCUT2D eigenvalue weighted by Crippen LogP contribution is -2.10. The van der Waals surface area contributed by atoms with Crippen molar-refractivity contribution >= 4 is 17.7 Å². The van der Waals surface area contributed by atoms with Crippen molar-refractivity contribution in [1.29, 1.82) is 0 Å². The molecule has 0 bridgehead atoms. The van der Waals surface area contributed by atoms with Gasteiger partial charge in [0.1, 0.15) is 0 Å². The Bertz CT molecular complexity index is 619. The largest absolute Gasteiger partial charge is 0.465 e. The standard InChI is InChI=1S/C15H14N2O3/c16-14(18)12-5-1-10(2-6-12)9-11-3-7-13(8-4-11)17-15(19)20/h1-8,17H,9H2,(H2,16,18)(H,19,20). The second-order valence-electron chi connectivity index (χ2n) is 4.37. The van der Waals surface area contributed by atoms with Crippen LogP contribution in [0.15, 0.2) is 48.5 Å². The highest BCUT2D eigenvalue weighted by Crippen LogP contribution is 2.14. The SMILES string of the molecule is NC(=O)c1ccc(Cc2ccc(NC(=O)O)cc2)cc1. The predicted octanol–water partition coefficient (Wildman–Crippen LogP) is 2.47. The van der Waals surface area contributed by atoms with E-state index in [1.165, 1.54) is 0 Å². The molecule has 0 unspecified atom stereocenters. The zero-order chi connectivity index (χ0) is 14.5. The first-order valence-electron chi connectivity index (χ1n) is 6.02. The summed E-state index contributed by atoms with van der Waals surface area (Å²) in [5, 5.41) is 10.9. The van der Waals surface area contributed by atoms with Gasteiger partial charge in [0.15, 0.2) is 0 Å². The lowest BCUT2D eigenvalue weighted by Gasteiger charge is -2.05. The lowest BCUT2D eigenvalue weighted by atomic mass is 10.0. The van der Waals surface area contributed by atoms with Gasteiger partial charge in [0.25, 0.3) is 0 Å². The van der Waals surface area contributed by atoms with Crippen LogP contribution in [0.1, 0.15) is 21.5 Å². The maximum absolute atomic E-state index is 11.0.